The molecule has 1 aromatic rings. The Morgan fingerprint density at radius 3 is 2.69 bits per heavy atom. The van der Waals surface area contributed by atoms with Crippen molar-refractivity contribution in [2.24, 2.45) is 5.92 Å². The van der Waals surface area contributed by atoms with Gasteiger partial charge in [0, 0.05) is 11.8 Å². The standard InChI is InChI=1S/C11H16N2O3/c1-6-4-9(16-8(6)3)13-5-7(2)10(14)12-11(13)15/h5-6,8-9H,4H2,1-3H3,(H,12,14,15). The molecule has 1 fully saturated rings. The summed E-state index contributed by atoms with van der Waals surface area (Å²) in [6, 6.07) is 0. The largest absolute Gasteiger partial charge is 0.355 e. The highest BCUT2D eigenvalue weighted by Gasteiger charge is 2.30. The third-order valence-corrected chi connectivity index (χ3v) is 3.20. The van der Waals surface area contributed by atoms with Gasteiger partial charge >= 0.3 is 5.69 Å². The van der Waals surface area contributed by atoms with Crippen LogP contribution in [0.25, 0.3) is 0 Å². The van der Waals surface area contributed by atoms with Crippen molar-refractivity contribution in [1.82, 2.24) is 9.55 Å². The Bertz CT molecular complexity index is 493. The summed E-state index contributed by atoms with van der Waals surface area (Å²) >= 11 is 0. The lowest BCUT2D eigenvalue weighted by atomic mass is 10.1. The van der Waals surface area contributed by atoms with Crippen molar-refractivity contribution in [2.45, 2.75) is 39.5 Å². The lowest BCUT2D eigenvalue weighted by molar-refractivity contribution is 0.00296. The summed E-state index contributed by atoms with van der Waals surface area (Å²) < 4.78 is 7.15. The van der Waals surface area contributed by atoms with Gasteiger partial charge in [-0.1, -0.05) is 6.92 Å². The topological polar surface area (TPSA) is 64.1 Å². The number of H-pyrrole nitrogens is 1. The van der Waals surface area contributed by atoms with Gasteiger partial charge in [-0.15, -0.1) is 0 Å². The maximum Gasteiger partial charge on any atom is 0.330 e. The zero-order valence-corrected chi connectivity index (χ0v) is 9.69. The van der Waals surface area contributed by atoms with Crippen molar-refractivity contribution in [3.63, 3.8) is 0 Å². The number of aryl methyl sites for hydroxylation is 1. The number of aromatic nitrogens is 2. The molecule has 0 saturated carbocycles. The second kappa shape index (κ2) is 3.90. The number of rotatable bonds is 1. The molecule has 16 heavy (non-hydrogen) atoms. The molecular formula is C11H16N2O3. The van der Waals surface area contributed by atoms with Crippen LogP contribution in [0.15, 0.2) is 15.8 Å². The fraction of sp³-hybridized carbons (Fsp3) is 0.636. The van der Waals surface area contributed by atoms with Crippen LogP contribution in [0, 0.1) is 12.8 Å². The van der Waals surface area contributed by atoms with Crippen LogP contribution in [-0.2, 0) is 4.74 Å². The summed E-state index contributed by atoms with van der Waals surface area (Å²) in [6.07, 6.45) is 2.25. The molecule has 0 aliphatic carbocycles. The maximum absolute atomic E-state index is 11.6. The molecule has 1 saturated heterocycles. The predicted molar refractivity (Wildman–Crippen MR) is 59.4 cm³/mol. The SMILES string of the molecule is Cc1cn(C2CC(C)C(C)O2)c(=O)[nH]c1=O. The molecule has 3 atom stereocenters. The van der Waals surface area contributed by atoms with Crippen LogP contribution in [0.2, 0.25) is 0 Å². The first-order valence-electron chi connectivity index (χ1n) is 5.46. The predicted octanol–water partition coefficient (Wildman–Crippen LogP) is 0.789. The molecule has 5 nitrogen and oxygen atoms in total. The summed E-state index contributed by atoms with van der Waals surface area (Å²) in [7, 11) is 0. The zero-order valence-electron chi connectivity index (χ0n) is 9.69. The summed E-state index contributed by atoms with van der Waals surface area (Å²) in [5.41, 5.74) is -0.211. The molecule has 1 N–H and O–H groups in total. The quantitative estimate of drug-likeness (QED) is 0.767. The molecule has 0 spiro atoms. The molecule has 0 bridgehead atoms. The second-order valence-electron chi connectivity index (χ2n) is 4.49. The molecule has 1 aliphatic rings. The number of nitrogens with one attached hydrogen (secondary N) is 1. The second-order valence-corrected chi connectivity index (χ2v) is 4.49. The van der Waals surface area contributed by atoms with Gasteiger partial charge in [0.1, 0.15) is 6.23 Å². The Morgan fingerprint density at radius 1 is 1.44 bits per heavy atom. The lowest BCUT2D eigenvalue weighted by Gasteiger charge is -2.14. The molecule has 0 aromatic carbocycles. The average Bonchev–Trinajstić information content (AvgIpc) is 2.53. The fourth-order valence-corrected chi connectivity index (χ4v) is 1.93. The number of aromatic amines is 1. The van der Waals surface area contributed by atoms with E-state index in [0.29, 0.717) is 11.5 Å². The van der Waals surface area contributed by atoms with Crippen molar-refractivity contribution in [2.75, 3.05) is 0 Å². The first-order valence-corrected chi connectivity index (χ1v) is 5.46. The highest BCUT2D eigenvalue weighted by Crippen LogP contribution is 2.31. The van der Waals surface area contributed by atoms with Crippen LogP contribution < -0.4 is 11.2 Å². The lowest BCUT2D eigenvalue weighted by Crippen LogP contribution is -2.33. The van der Waals surface area contributed by atoms with E-state index in [1.54, 1.807) is 13.1 Å². The molecule has 0 amide bonds. The van der Waals surface area contributed by atoms with E-state index in [0.717, 1.165) is 6.42 Å². The Morgan fingerprint density at radius 2 is 2.12 bits per heavy atom. The Hall–Kier alpha value is -1.36. The number of ether oxygens (including phenoxy) is 1. The monoisotopic (exact) mass is 224 g/mol. The van der Waals surface area contributed by atoms with Crippen LogP contribution in [0.1, 0.15) is 32.1 Å². The Labute approximate surface area is 93.1 Å². The molecule has 2 rings (SSSR count). The zero-order chi connectivity index (χ0) is 11.9. The van der Waals surface area contributed by atoms with Gasteiger partial charge in [-0.2, -0.15) is 0 Å². The molecular weight excluding hydrogens is 208 g/mol. The minimum absolute atomic E-state index is 0.143. The third kappa shape index (κ3) is 1.82. The first-order chi connectivity index (χ1) is 7.49. The van der Waals surface area contributed by atoms with Crippen LogP contribution in [0.4, 0.5) is 0 Å². The normalized spacial score (nSPS) is 29.6. The molecule has 0 radical (unpaired) electrons. The van der Waals surface area contributed by atoms with Gasteiger partial charge < -0.3 is 4.74 Å². The number of hydrogen-bond acceptors (Lipinski definition) is 3. The number of nitrogens with zero attached hydrogens (tertiary/aromatic N) is 1. The van der Waals surface area contributed by atoms with Gasteiger partial charge in [0.05, 0.1) is 6.10 Å². The van der Waals surface area contributed by atoms with Crippen molar-refractivity contribution in [3.05, 3.63) is 32.6 Å². The van der Waals surface area contributed by atoms with Crippen molar-refractivity contribution >= 4 is 0 Å². The average molecular weight is 224 g/mol. The minimum atomic E-state index is -0.401. The third-order valence-electron chi connectivity index (χ3n) is 3.20. The van der Waals surface area contributed by atoms with Crippen LogP contribution in [0.5, 0.6) is 0 Å². The smallest absolute Gasteiger partial charge is 0.330 e. The van der Waals surface area contributed by atoms with Crippen LogP contribution >= 0.6 is 0 Å². The fourth-order valence-electron chi connectivity index (χ4n) is 1.93. The molecule has 88 valence electrons. The van der Waals surface area contributed by atoms with Crippen LogP contribution in [-0.4, -0.2) is 15.7 Å². The van der Waals surface area contributed by atoms with Crippen molar-refractivity contribution in [1.29, 1.82) is 0 Å². The van der Waals surface area contributed by atoms with E-state index in [-0.39, 0.29) is 17.9 Å². The van der Waals surface area contributed by atoms with E-state index in [9.17, 15) is 9.59 Å². The molecule has 1 aromatic heterocycles. The maximum atomic E-state index is 11.6. The van der Waals surface area contributed by atoms with Gasteiger partial charge in [-0.25, -0.2) is 4.79 Å². The number of hydrogen-bond donors (Lipinski definition) is 1. The highest BCUT2D eigenvalue weighted by molar-refractivity contribution is 5.01. The van der Waals surface area contributed by atoms with Crippen LogP contribution in [0.3, 0.4) is 0 Å². The van der Waals surface area contributed by atoms with Crippen molar-refractivity contribution in [3.8, 4) is 0 Å². The first kappa shape index (κ1) is 11.1. The summed E-state index contributed by atoms with van der Waals surface area (Å²) in [5, 5.41) is 0. The van der Waals surface area contributed by atoms with E-state index >= 15 is 0 Å². The van der Waals surface area contributed by atoms with Crippen molar-refractivity contribution < 1.29 is 4.74 Å². The molecule has 2 heterocycles. The molecule has 1 aliphatic heterocycles. The summed E-state index contributed by atoms with van der Waals surface area (Å²) in [4.78, 5) is 25.1. The van der Waals surface area contributed by atoms with Gasteiger partial charge in [-0.3, -0.25) is 14.3 Å². The minimum Gasteiger partial charge on any atom is -0.355 e. The van der Waals surface area contributed by atoms with E-state index in [4.69, 9.17) is 4.74 Å². The Kier molecular flexibility index (Phi) is 2.71. The summed E-state index contributed by atoms with van der Waals surface area (Å²) in [5.74, 6) is 0.420. The van der Waals surface area contributed by atoms with E-state index in [1.807, 2.05) is 6.92 Å². The van der Waals surface area contributed by atoms with Gasteiger partial charge in [0.2, 0.25) is 0 Å². The molecule has 5 heteroatoms. The van der Waals surface area contributed by atoms with E-state index in [2.05, 4.69) is 11.9 Å². The van der Waals surface area contributed by atoms with E-state index in [1.165, 1.54) is 4.57 Å². The highest BCUT2D eigenvalue weighted by atomic mass is 16.5. The van der Waals surface area contributed by atoms with E-state index < -0.39 is 5.69 Å². The molecule has 3 unspecified atom stereocenters. The van der Waals surface area contributed by atoms with Gasteiger partial charge in [0.15, 0.2) is 0 Å². The van der Waals surface area contributed by atoms with Gasteiger partial charge in [0.25, 0.3) is 5.56 Å². The summed E-state index contributed by atoms with van der Waals surface area (Å²) in [6.45, 7) is 5.76. The van der Waals surface area contributed by atoms with Gasteiger partial charge in [-0.05, 0) is 26.2 Å². The Balaban J connectivity index is 2.39.